The third-order valence-corrected chi connectivity index (χ3v) is 3.64. The molecule has 0 aliphatic carbocycles. The highest BCUT2D eigenvalue weighted by Gasteiger charge is 2.16. The number of ether oxygens (including phenoxy) is 1. The van der Waals surface area contributed by atoms with E-state index in [0.717, 1.165) is 11.1 Å². The molecule has 0 fully saturated rings. The van der Waals surface area contributed by atoms with Crippen LogP contribution in [-0.2, 0) is 16.1 Å². The predicted molar refractivity (Wildman–Crippen MR) is 89.7 cm³/mol. The molecular weight excluding hydrogens is 316 g/mol. The van der Waals surface area contributed by atoms with Gasteiger partial charge in [0.05, 0.1) is 12.8 Å². The van der Waals surface area contributed by atoms with Crippen molar-refractivity contribution in [2.75, 3.05) is 12.4 Å². The van der Waals surface area contributed by atoms with Gasteiger partial charge in [0.15, 0.2) is 0 Å². The van der Waals surface area contributed by atoms with Crippen molar-refractivity contribution in [3.05, 3.63) is 58.6 Å². The van der Waals surface area contributed by atoms with Crippen molar-refractivity contribution < 1.29 is 14.3 Å². The molecule has 0 aliphatic heterocycles. The Labute approximate surface area is 139 Å². The Morgan fingerprint density at radius 2 is 1.83 bits per heavy atom. The molecule has 23 heavy (non-hydrogen) atoms. The molecule has 2 rings (SSSR count). The number of aryl methyl sites for hydroxylation is 1. The Morgan fingerprint density at radius 1 is 1.13 bits per heavy atom. The van der Waals surface area contributed by atoms with Gasteiger partial charge in [-0.2, -0.15) is 0 Å². The number of benzene rings is 2. The molecule has 0 saturated heterocycles. The summed E-state index contributed by atoms with van der Waals surface area (Å²) in [7, 11) is 1.46. The van der Waals surface area contributed by atoms with E-state index in [-0.39, 0.29) is 6.54 Å². The number of carbonyl (C=O) groups is 2. The smallest absolute Gasteiger partial charge is 0.313 e. The Hall–Kier alpha value is -2.53. The van der Waals surface area contributed by atoms with Gasteiger partial charge in [0.2, 0.25) is 0 Å². The number of carbonyl (C=O) groups excluding carboxylic acids is 2. The van der Waals surface area contributed by atoms with E-state index in [9.17, 15) is 9.59 Å². The number of nitrogens with one attached hydrogen (secondary N) is 2. The third kappa shape index (κ3) is 4.47. The minimum Gasteiger partial charge on any atom is -0.495 e. The van der Waals surface area contributed by atoms with E-state index in [2.05, 4.69) is 10.6 Å². The number of anilines is 1. The van der Waals surface area contributed by atoms with E-state index in [1.165, 1.54) is 7.11 Å². The average molecular weight is 333 g/mol. The number of hydrogen-bond donors (Lipinski definition) is 2. The lowest BCUT2D eigenvalue weighted by Gasteiger charge is -2.12. The molecule has 0 radical (unpaired) electrons. The zero-order chi connectivity index (χ0) is 16.8. The molecular formula is C17H17ClN2O3. The molecule has 2 aromatic rings. The van der Waals surface area contributed by atoms with Crippen LogP contribution in [0.15, 0.2) is 42.5 Å². The SMILES string of the molecule is COc1cc(Cl)c(C)cc1NC(=O)C(=O)NCc1ccccc1. The van der Waals surface area contributed by atoms with Gasteiger partial charge in [-0.05, 0) is 24.1 Å². The van der Waals surface area contributed by atoms with E-state index in [1.807, 2.05) is 30.3 Å². The first-order valence-corrected chi connectivity index (χ1v) is 7.36. The fourth-order valence-corrected chi connectivity index (χ4v) is 2.12. The van der Waals surface area contributed by atoms with Gasteiger partial charge in [0.25, 0.3) is 0 Å². The number of amides is 2. The average Bonchev–Trinajstić information content (AvgIpc) is 2.56. The van der Waals surface area contributed by atoms with Gasteiger partial charge in [-0.1, -0.05) is 41.9 Å². The van der Waals surface area contributed by atoms with Gasteiger partial charge in [-0.25, -0.2) is 0 Å². The first-order chi connectivity index (χ1) is 11.0. The number of rotatable bonds is 4. The summed E-state index contributed by atoms with van der Waals surface area (Å²) in [5.41, 5.74) is 2.08. The lowest BCUT2D eigenvalue weighted by molar-refractivity contribution is -0.136. The molecule has 5 nitrogen and oxygen atoms in total. The normalized spacial score (nSPS) is 10.0. The summed E-state index contributed by atoms with van der Waals surface area (Å²) in [6.07, 6.45) is 0. The summed E-state index contributed by atoms with van der Waals surface area (Å²) in [6.45, 7) is 2.08. The molecule has 0 saturated carbocycles. The largest absolute Gasteiger partial charge is 0.495 e. The van der Waals surface area contributed by atoms with E-state index < -0.39 is 11.8 Å². The van der Waals surface area contributed by atoms with Crippen LogP contribution in [-0.4, -0.2) is 18.9 Å². The maximum Gasteiger partial charge on any atom is 0.313 e. The number of hydrogen-bond acceptors (Lipinski definition) is 3. The molecule has 0 unspecified atom stereocenters. The lowest BCUT2D eigenvalue weighted by atomic mass is 10.2. The molecule has 2 N–H and O–H groups in total. The first-order valence-electron chi connectivity index (χ1n) is 6.98. The standard InChI is InChI=1S/C17H17ClN2O3/c1-11-8-14(15(23-2)9-13(11)18)20-17(22)16(21)19-10-12-6-4-3-5-7-12/h3-9H,10H2,1-2H3,(H,19,21)(H,20,22). The second kappa shape index (κ2) is 7.65. The van der Waals surface area contributed by atoms with Crippen LogP contribution in [0.1, 0.15) is 11.1 Å². The molecule has 0 atom stereocenters. The molecule has 0 aliphatic rings. The third-order valence-electron chi connectivity index (χ3n) is 3.23. The van der Waals surface area contributed by atoms with E-state index in [4.69, 9.17) is 16.3 Å². The summed E-state index contributed by atoms with van der Waals surface area (Å²) < 4.78 is 5.16. The van der Waals surface area contributed by atoms with Crippen LogP contribution in [0.5, 0.6) is 5.75 Å². The van der Waals surface area contributed by atoms with Crippen LogP contribution in [0.3, 0.4) is 0 Å². The highest BCUT2D eigenvalue weighted by molar-refractivity contribution is 6.40. The summed E-state index contributed by atoms with van der Waals surface area (Å²) in [5.74, 6) is -1.09. The van der Waals surface area contributed by atoms with E-state index in [0.29, 0.717) is 16.5 Å². The van der Waals surface area contributed by atoms with E-state index >= 15 is 0 Å². The van der Waals surface area contributed by atoms with Gasteiger partial charge in [0.1, 0.15) is 5.75 Å². The predicted octanol–water partition coefficient (Wildman–Crippen LogP) is 2.91. The molecule has 120 valence electrons. The van der Waals surface area contributed by atoms with Crippen molar-refractivity contribution in [1.29, 1.82) is 0 Å². The van der Waals surface area contributed by atoms with Gasteiger partial charge >= 0.3 is 11.8 Å². The molecule has 0 aromatic heterocycles. The fourth-order valence-electron chi connectivity index (χ4n) is 1.97. The molecule has 2 aromatic carbocycles. The van der Waals surface area contributed by atoms with Crippen LogP contribution in [0, 0.1) is 6.92 Å². The highest BCUT2D eigenvalue weighted by Crippen LogP contribution is 2.30. The molecule has 2 amide bonds. The second-order valence-electron chi connectivity index (χ2n) is 4.92. The quantitative estimate of drug-likeness (QED) is 0.846. The topological polar surface area (TPSA) is 67.4 Å². The van der Waals surface area contributed by atoms with Crippen LogP contribution in [0.25, 0.3) is 0 Å². The highest BCUT2D eigenvalue weighted by atomic mass is 35.5. The monoisotopic (exact) mass is 332 g/mol. The zero-order valence-electron chi connectivity index (χ0n) is 12.9. The van der Waals surface area contributed by atoms with Gasteiger partial charge in [-0.3, -0.25) is 9.59 Å². The minimum absolute atomic E-state index is 0.282. The zero-order valence-corrected chi connectivity index (χ0v) is 13.6. The molecule has 0 bridgehead atoms. The van der Waals surface area contributed by atoms with Crippen LogP contribution < -0.4 is 15.4 Å². The summed E-state index contributed by atoms with van der Waals surface area (Å²) in [4.78, 5) is 23.9. The van der Waals surface area contributed by atoms with Gasteiger partial charge in [0, 0.05) is 17.6 Å². The van der Waals surface area contributed by atoms with Crippen LogP contribution in [0.4, 0.5) is 5.69 Å². The Morgan fingerprint density at radius 3 is 2.48 bits per heavy atom. The van der Waals surface area contributed by atoms with Crippen LogP contribution >= 0.6 is 11.6 Å². The van der Waals surface area contributed by atoms with E-state index in [1.54, 1.807) is 19.1 Å². The number of methoxy groups -OCH3 is 1. The van der Waals surface area contributed by atoms with Crippen LogP contribution in [0.2, 0.25) is 5.02 Å². The number of halogens is 1. The second-order valence-corrected chi connectivity index (χ2v) is 5.33. The van der Waals surface area contributed by atoms with Crippen molar-refractivity contribution in [1.82, 2.24) is 5.32 Å². The van der Waals surface area contributed by atoms with Crippen molar-refractivity contribution in [3.63, 3.8) is 0 Å². The van der Waals surface area contributed by atoms with Crippen molar-refractivity contribution in [3.8, 4) is 5.75 Å². The molecule has 6 heteroatoms. The van der Waals surface area contributed by atoms with Crippen molar-refractivity contribution in [2.45, 2.75) is 13.5 Å². The van der Waals surface area contributed by atoms with Crippen molar-refractivity contribution >= 4 is 29.1 Å². The molecule has 0 spiro atoms. The lowest BCUT2D eigenvalue weighted by Crippen LogP contribution is -2.35. The maximum atomic E-state index is 12.0. The Bertz CT molecular complexity index is 717. The Balaban J connectivity index is 2.01. The Kier molecular flexibility index (Phi) is 5.60. The van der Waals surface area contributed by atoms with Gasteiger partial charge < -0.3 is 15.4 Å². The summed E-state index contributed by atoms with van der Waals surface area (Å²) >= 11 is 6.01. The summed E-state index contributed by atoms with van der Waals surface area (Å²) in [5, 5.41) is 5.62. The van der Waals surface area contributed by atoms with Crippen molar-refractivity contribution in [2.24, 2.45) is 0 Å². The maximum absolute atomic E-state index is 12.0. The fraction of sp³-hybridized carbons (Fsp3) is 0.176. The van der Waals surface area contributed by atoms with Gasteiger partial charge in [-0.15, -0.1) is 0 Å². The first kappa shape index (κ1) is 16.8. The summed E-state index contributed by atoms with van der Waals surface area (Å²) in [6, 6.07) is 12.6. The minimum atomic E-state index is -0.763. The molecule has 0 heterocycles.